The number of terminal acetylenes is 1. The summed E-state index contributed by atoms with van der Waals surface area (Å²) in [4.78, 5) is 25.1. The number of allylic oxidation sites excluding steroid dienone is 4. The van der Waals surface area contributed by atoms with Crippen LogP contribution in [0.4, 0.5) is 0 Å². The maximum absolute atomic E-state index is 12.6. The second kappa shape index (κ2) is 8.86. The average molecular weight is 364 g/mol. The Morgan fingerprint density at radius 3 is 2.41 bits per heavy atom. The zero-order chi connectivity index (χ0) is 19.9. The van der Waals surface area contributed by atoms with Gasteiger partial charge in [0.05, 0.1) is 5.41 Å². The average Bonchev–Trinajstić information content (AvgIpc) is 2.55. The first-order chi connectivity index (χ1) is 12.8. The molecule has 0 saturated heterocycles. The third kappa shape index (κ3) is 5.96. The molecule has 1 aromatic carbocycles. The van der Waals surface area contributed by atoms with Crippen LogP contribution in [0.2, 0.25) is 0 Å². The van der Waals surface area contributed by atoms with Crippen LogP contribution in [0.5, 0.6) is 0 Å². The lowest BCUT2D eigenvalue weighted by atomic mass is 9.66. The van der Waals surface area contributed by atoms with Crippen molar-refractivity contribution in [3.8, 4) is 12.3 Å². The minimum Gasteiger partial charge on any atom is -0.460 e. The summed E-state index contributed by atoms with van der Waals surface area (Å²) in [5.41, 5.74) is 0.472. The lowest BCUT2D eigenvalue weighted by Gasteiger charge is -2.40. The van der Waals surface area contributed by atoms with Gasteiger partial charge in [-0.3, -0.25) is 9.59 Å². The van der Waals surface area contributed by atoms with Crippen LogP contribution in [-0.2, 0) is 20.7 Å². The van der Waals surface area contributed by atoms with E-state index in [2.05, 4.69) is 5.92 Å². The molecule has 0 radical (unpaired) electrons. The van der Waals surface area contributed by atoms with Crippen LogP contribution in [0.1, 0.15) is 52.0 Å². The molecule has 27 heavy (non-hydrogen) atoms. The fourth-order valence-electron chi connectivity index (χ4n) is 3.09. The molecule has 1 aromatic rings. The summed E-state index contributed by atoms with van der Waals surface area (Å²) in [6, 6.07) is 9.57. The summed E-state index contributed by atoms with van der Waals surface area (Å²) in [5.74, 6) is 2.26. The molecule has 0 amide bonds. The summed E-state index contributed by atoms with van der Waals surface area (Å²) in [5, 5.41) is 0. The first-order valence-electron chi connectivity index (χ1n) is 9.39. The third-order valence-corrected chi connectivity index (χ3v) is 4.72. The van der Waals surface area contributed by atoms with Gasteiger partial charge >= 0.3 is 5.97 Å². The van der Waals surface area contributed by atoms with E-state index in [1.54, 1.807) is 6.08 Å². The summed E-state index contributed by atoms with van der Waals surface area (Å²) >= 11 is 0. The van der Waals surface area contributed by atoms with Gasteiger partial charge in [-0.1, -0.05) is 54.8 Å². The van der Waals surface area contributed by atoms with Gasteiger partial charge in [0, 0.05) is 12.0 Å². The number of carbonyl (C=O) groups excluding carboxylic acids is 2. The van der Waals surface area contributed by atoms with Crippen molar-refractivity contribution in [2.75, 3.05) is 0 Å². The van der Waals surface area contributed by atoms with Crippen LogP contribution >= 0.6 is 0 Å². The summed E-state index contributed by atoms with van der Waals surface area (Å²) in [6.45, 7) is 5.63. The molecule has 1 fully saturated rings. The molecule has 0 bridgehead atoms. The van der Waals surface area contributed by atoms with E-state index in [1.165, 1.54) is 6.08 Å². The summed E-state index contributed by atoms with van der Waals surface area (Å²) in [7, 11) is 0. The molecule has 0 aromatic heterocycles. The predicted octanol–water partition coefficient (Wildman–Crippen LogP) is 4.82. The van der Waals surface area contributed by atoms with Crippen molar-refractivity contribution in [1.29, 1.82) is 0 Å². The van der Waals surface area contributed by atoms with Gasteiger partial charge in [-0.05, 0) is 51.7 Å². The van der Waals surface area contributed by atoms with Crippen LogP contribution in [0.3, 0.4) is 0 Å². The topological polar surface area (TPSA) is 43.4 Å². The number of Topliss-reactive ketones (excluding diaryl/α,β-unsaturated/α-hetero) is 1. The zero-order valence-electron chi connectivity index (χ0n) is 16.5. The number of ketones is 1. The van der Waals surface area contributed by atoms with Crippen molar-refractivity contribution in [3.05, 3.63) is 59.7 Å². The van der Waals surface area contributed by atoms with Crippen LogP contribution in [0.15, 0.2) is 54.1 Å². The van der Waals surface area contributed by atoms with E-state index in [-0.39, 0.29) is 11.8 Å². The fourth-order valence-corrected chi connectivity index (χ4v) is 3.09. The predicted molar refractivity (Wildman–Crippen MR) is 108 cm³/mol. The van der Waals surface area contributed by atoms with Gasteiger partial charge in [-0.2, -0.15) is 0 Å². The molecule has 0 unspecified atom stereocenters. The number of carbonyl (C=O) groups is 2. The second-order valence-electron chi connectivity index (χ2n) is 8.09. The molecule has 0 atom stereocenters. The third-order valence-electron chi connectivity index (χ3n) is 4.72. The Hall–Kier alpha value is -2.60. The molecule has 1 saturated carbocycles. The first kappa shape index (κ1) is 20.7. The van der Waals surface area contributed by atoms with Crippen LogP contribution in [0, 0.1) is 17.8 Å². The minimum atomic E-state index is -0.496. The quantitative estimate of drug-likeness (QED) is 0.302. The Labute approximate surface area is 162 Å². The van der Waals surface area contributed by atoms with Crippen molar-refractivity contribution < 1.29 is 14.3 Å². The van der Waals surface area contributed by atoms with Crippen molar-refractivity contribution in [2.24, 2.45) is 5.41 Å². The molecule has 3 heteroatoms. The van der Waals surface area contributed by atoms with E-state index >= 15 is 0 Å². The van der Waals surface area contributed by atoms with Crippen molar-refractivity contribution in [2.45, 2.75) is 58.5 Å². The van der Waals surface area contributed by atoms with Gasteiger partial charge in [0.25, 0.3) is 0 Å². The van der Waals surface area contributed by atoms with E-state index in [1.807, 2.05) is 57.2 Å². The maximum Gasteiger partial charge on any atom is 0.312 e. The highest BCUT2D eigenvalue weighted by molar-refractivity contribution is 5.99. The zero-order valence-corrected chi connectivity index (χ0v) is 16.5. The Bertz CT molecular complexity index is 766. The fraction of sp³-hybridized carbons (Fsp3) is 0.417. The Kier molecular flexibility index (Phi) is 6.80. The lowest BCUT2D eigenvalue weighted by molar-refractivity contribution is -0.173. The molecule has 0 N–H and O–H groups in total. The standard InChI is InChI=1S/C24H28O3/c1-5-11-20(21(25)18-19-12-7-6-8-13-19)14-9-15-24(16-10-17-24)22(26)27-23(2,3)4/h1,6-9,11-14H,10,15-18H2,2-4H3/b14-9-,20-11+. The Balaban J connectivity index is 2.04. The number of esters is 1. The van der Waals surface area contributed by atoms with Crippen LogP contribution in [0.25, 0.3) is 0 Å². The van der Waals surface area contributed by atoms with Gasteiger partial charge in [0.15, 0.2) is 5.78 Å². The SMILES string of the molecule is C#C/C=C(\C=C/CC1(C(=O)OC(C)(C)C)CCC1)C(=O)Cc1ccccc1. The Morgan fingerprint density at radius 1 is 1.22 bits per heavy atom. The highest BCUT2D eigenvalue weighted by Crippen LogP contribution is 2.46. The molecule has 0 spiro atoms. The monoisotopic (exact) mass is 364 g/mol. The van der Waals surface area contributed by atoms with Gasteiger partial charge in [-0.15, -0.1) is 6.42 Å². The van der Waals surface area contributed by atoms with E-state index < -0.39 is 11.0 Å². The first-order valence-corrected chi connectivity index (χ1v) is 9.39. The van der Waals surface area contributed by atoms with Crippen molar-refractivity contribution >= 4 is 11.8 Å². The van der Waals surface area contributed by atoms with E-state index in [0.29, 0.717) is 18.4 Å². The normalized spacial score (nSPS) is 16.4. The van der Waals surface area contributed by atoms with Crippen molar-refractivity contribution in [3.63, 3.8) is 0 Å². The largest absolute Gasteiger partial charge is 0.460 e. The van der Waals surface area contributed by atoms with E-state index in [9.17, 15) is 9.59 Å². The lowest BCUT2D eigenvalue weighted by Crippen LogP contribution is -2.42. The summed E-state index contributed by atoms with van der Waals surface area (Å²) < 4.78 is 5.59. The summed E-state index contributed by atoms with van der Waals surface area (Å²) in [6.07, 6.45) is 14.0. The molecular formula is C24H28O3. The number of hydrogen-bond acceptors (Lipinski definition) is 3. The Morgan fingerprint density at radius 2 is 1.89 bits per heavy atom. The minimum absolute atomic E-state index is 0.0321. The van der Waals surface area contributed by atoms with Crippen LogP contribution in [-0.4, -0.2) is 17.4 Å². The van der Waals surface area contributed by atoms with Crippen LogP contribution < -0.4 is 0 Å². The van der Waals surface area contributed by atoms with E-state index in [4.69, 9.17) is 11.2 Å². The molecule has 0 heterocycles. The highest BCUT2D eigenvalue weighted by atomic mass is 16.6. The molecule has 0 aliphatic heterocycles. The molecule has 1 aliphatic rings. The smallest absolute Gasteiger partial charge is 0.312 e. The molecule has 2 rings (SSSR count). The number of ether oxygens (including phenoxy) is 1. The van der Waals surface area contributed by atoms with Crippen molar-refractivity contribution in [1.82, 2.24) is 0 Å². The van der Waals surface area contributed by atoms with Gasteiger partial charge in [-0.25, -0.2) is 0 Å². The molecule has 3 nitrogen and oxygen atoms in total. The second-order valence-corrected chi connectivity index (χ2v) is 8.09. The highest BCUT2D eigenvalue weighted by Gasteiger charge is 2.45. The van der Waals surface area contributed by atoms with Gasteiger partial charge < -0.3 is 4.74 Å². The maximum atomic E-state index is 12.6. The van der Waals surface area contributed by atoms with Gasteiger partial charge in [0.1, 0.15) is 5.60 Å². The van der Waals surface area contributed by atoms with Gasteiger partial charge in [0.2, 0.25) is 0 Å². The number of benzene rings is 1. The molecular weight excluding hydrogens is 336 g/mol. The number of hydrogen-bond donors (Lipinski definition) is 0. The number of rotatable bonds is 7. The van der Waals surface area contributed by atoms with E-state index in [0.717, 1.165) is 24.8 Å². The molecule has 142 valence electrons. The molecule has 1 aliphatic carbocycles.